The number of aryl methyl sites for hydroxylation is 1. The van der Waals surface area contributed by atoms with E-state index in [4.69, 9.17) is 9.26 Å². The van der Waals surface area contributed by atoms with E-state index in [1.165, 1.54) is 6.33 Å². The van der Waals surface area contributed by atoms with Crippen LogP contribution in [0, 0.1) is 6.92 Å². The van der Waals surface area contributed by atoms with E-state index in [1.807, 2.05) is 55.5 Å². The lowest BCUT2D eigenvalue weighted by atomic mass is 10.1. The summed E-state index contributed by atoms with van der Waals surface area (Å²) in [7, 11) is 0. The summed E-state index contributed by atoms with van der Waals surface area (Å²) in [5.74, 6) is 1.67. The van der Waals surface area contributed by atoms with Crippen LogP contribution in [0.3, 0.4) is 0 Å². The summed E-state index contributed by atoms with van der Waals surface area (Å²) in [5.41, 5.74) is 2.88. The van der Waals surface area contributed by atoms with Gasteiger partial charge in [0.1, 0.15) is 12.1 Å². The van der Waals surface area contributed by atoms with Gasteiger partial charge >= 0.3 is 0 Å². The summed E-state index contributed by atoms with van der Waals surface area (Å²) in [4.78, 5) is 4.38. The average molecular weight is 334 g/mol. The highest BCUT2D eigenvalue weighted by Gasteiger charge is 2.11. The Labute approximate surface area is 143 Å². The molecule has 0 radical (unpaired) electrons. The fourth-order valence-corrected chi connectivity index (χ4v) is 2.37. The third-order valence-corrected chi connectivity index (χ3v) is 3.67. The van der Waals surface area contributed by atoms with Gasteiger partial charge in [-0.3, -0.25) is 0 Å². The van der Waals surface area contributed by atoms with Crippen LogP contribution in [-0.4, -0.2) is 30.3 Å². The Hall–Kier alpha value is -3.55. The second kappa shape index (κ2) is 6.52. The van der Waals surface area contributed by atoms with Crippen LogP contribution in [0.25, 0.3) is 17.1 Å². The monoisotopic (exact) mass is 334 g/mol. The van der Waals surface area contributed by atoms with Gasteiger partial charge in [-0.15, -0.1) is 5.10 Å². The van der Waals surface area contributed by atoms with E-state index in [9.17, 15) is 0 Å². The molecular weight excluding hydrogens is 320 g/mol. The maximum atomic E-state index is 5.69. The molecule has 0 atom stereocenters. The molecule has 0 amide bonds. The van der Waals surface area contributed by atoms with Crippen molar-refractivity contribution < 1.29 is 9.26 Å². The van der Waals surface area contributed by atoms with Crippen LogP contribution < -0.4 is 4.74 Å². The smallest absolute Gasteiger partial charge is 0.264 e. The zero-order valence-corrected chi connectivity index (χ0v) is 13.4. The van der Waals surface area contributed by atoms with Crippen molar-refractivity contribution in [1.82, 2.24) is 30.3 Å². The quantitative estimate of drug-likeness (QED) is 0.554. The fourth-order valence-electron chi connectivity index (χ4n) is 2.37. The molecule has 25 heavy (non-hydrogen) atoms. The predicted octanol–water partition coefficient (Wildman–Crippen LogP) is 2.60. The van der Waals surface area contributed by atoms with Crippen LogP contribution in [0.15, 0.2) is 59.4 Å². The predicted molar refractivity (Wildman–Crippen MR) is 88.0 cm³/mol. The number of hydrogen-bond donors (Lipinski definition) is 0. The molecule has 0 fully saturated rings. The van der Waals surface area contributed by atoms with Gasteiger partial charge in [0.2, 0.25) is 5.82 Å². The van der Waals surface area contributed by atoms with Crippen LogP contribution in [0.2, 0.25) is 0 Å². The first kappa shape index (κ1) is 15.0. The molecule has 0 N–H and O–H groups in total. The van der Waals surface area contributed by atoms with E-state index in [-0.39, 0.29) is 6.61 Å². The molecule has 8 nitrogen and oxygen atoms in total. The van der Waals surface area contributed by atoms with Crippen molar-refractivity contribution >= 4 is 0 Å². The van der Waals surface area contributed by atoms with Crippen molar-refractivity contribution in [3.05, 3.63) is 66.3 Å². The zero-order valence-electron chi connectivity index (χ0n) is 13.4. The highest BCUT2D eigenvalue weighted by molar-refractivity contribution is 5.58. The lowest BCUT2D eigenvalue weighted by molar-refractivity contribution is 0.243. The van der Waals surface area contributed by atoms with Gasteiger partial charge < -0.3 is 9.26 Å². The molecule has 0 aliphatic heterocycles. The second-order valence-corrected chi connectivity index (χ2v) is 5.36. The Bertz CT molecular complexity index is 963. The van der Waals surface area contributed by atoms with Gasteiger partial charge in [-0.1, -0.05) is 29.4 Å². The zero-order chi connectivity index (χ0) is 17.1. The van der Waals surface area contributed by atoms with E-state index < -0.39 is 0 Å². The molecule has 0 saturated heterocycles. The van der Waals surface area contributed by atoms with Crippen LogP contribution >= 0.6 is 0 Å². The molecular formula is C17H14N6O2. The van der Waals surface area contributed by atoms with Crippen molar-refractivity contribution in [3.8, 4) is 22.8 Å². The molecule has 4 aromatic rings. The Kier molecular flexibility index (Phi) is 3.91. The van der Waals surface area contributed by atoms with Gasteiger partial charge in [-0.2, -0.15) is 4.98 Å². The van der Waals surface area contributed by atoms with Crippen molar-refractivity contribution in [2.45, 2.75) is 13.5 Å². The standard InChI is InChI=1S/C17H14N6O2/c1-12-4-2-3-5-15(12)17-19-16(25-20-17)10-24-14-8-6-13(7-9-14)23-11-18-21-22-23/h2-9,11H,10H2,1H3. The molecule has 0 saturated carbocycles. The van der Waals surface area contributed by atoms with E-state index in [2.05, 4.69) is 25.7 Å². The molecule has 8 heteroatoms. The van der Waals surface area contributed by atoms with Crippen molar-refractivity contribution in [2.24, 2.45) is 0 Å². The summed E-state index contributed by atoms with van der Waals surface area (Å²) in [6.07, 6.45) is 1.53. The Morgan fingerprint density at radius 1 is 1.08 bits per heavy atom. The summed E-state index contributed by atoms with van der Waals surface area (Å²) in [6, 6.07) is 15.3. The molecule has 124 valence electrons. The third kappa shape index (κ3) is 3.23. The maximum Gasteiger partial charge on any atom is 0.264 e. The van der Waals surface area contributed by atoms with E-state index in [0.717, 1.165) is 16.8 Å². The number of hydrogen-bond acceptors (Lipinski definition) is 7. The topological polar surface area (TPSA) is 91.8 Å². The molecule has 0 unspecified atom stereocenters. The Morgan fingerprint density at radius 3 is 2.68 bits per heavy atom. The lowest BCUT2D eigenvalue weighted by Gasteiger charge is -2.04. The number of tetrazole rings is 1. The maximum absolute atomic E-state index is 5.69. The molecule has 0 spiro atoms. The minimum absolute atomic E-state index is 0.198. The largest absolute Gasteiger partial charge is 0.484 e. The SMILES string of the molecule is Cc1ccccc1-c1noc(COc2ccc(-n3cnnn3)cc2)n1. The van der Waals surface area contributed by atoms with Crippen LogP contribution in [-0.2, 0) is 6.61 Å². The van der Waals surface area contributed by atoms with Gasteiger partial charge in [0.05, 0.1) is 5.69 Å². The van der Waals surface area contributed by atoms with E-state index in [1.54, 1.807) is 4.68 Å². The summed E-state index contributed by atoms with van der Waals surface area (Å²) < 4.78 is 12.5. The highest BCUT2D eigenvalue weighted by atomic mass is 16.5. The van der Waals surface area contributed by atoms with Crippen molar-refractivity contribution in [2.75, 3.05) is 0 Å². The minimum Gasteiger partial charge on any atom is -0.484 e. The second-order valence-electron chi connectivity index (χ2n) is 5.36. The van der Waals surface area contributed by atoms with Crippen LogP contribution in [0.1, 0.15) is 11.5 Å². The summed E-state index contributed by atoms with van der Waals surface area (Å²) in [5, 5.41) is 15.1. The van der Waals surface area contributed by atoms with Gasteiger partial charge in [0.15, 0.2) is 6.61 Å². The number of aromatic nitrogens is 6. The third-order valence-electron chi connectivity index (χ3n) is 3.67. The van der Waals surface area contributed by atoms with Gasteiger partial charge in [0, 0.05) is 5.56 Å². The first-order valence-electron chi connectivity index (χ1n) is 7.64. The molecule has 2 heterocycles. The highest BCUT2D eigenvalue weighted by Crippen LogP contribution is 2.21. The Balaban J connectivity index is 1.43. The summed E-state index contributed by atoms with van der Waals surface area (Å²) >= 11 is 0. The Morgan fingerprint density at radius 2 is 1.92 bits per heavy atom. The van der Waals surface area contributed by atoms with Crippen LogP contribution in [0.4, 0.5) is 0 Å². The number of rotatable bonds is 5. The van der Waals surface area contributed by atoms with Gasteiger partial charge in [-0.05, 0) is 47.2 Å². The first-order chi connectivity index (χ1) is 12.3. The fraction of sp³-hybridized carbons (Fsp3) is 0.118. The normalized spacial score (nSPS) is 10.8. The minimum atomic E-state index is 0.198. The van der Waals surface area contributed by atoms with Crippen molar-refractivity contribution in [3.63, 3.8) is 0 Å². The summed E-state index contributed by atoms with van der Waals surface area (Å²) in [6.45, 7) is 2.21. The van der Waals surface area contributed by atoms with Crippen LogP contribution in [0.5, 0.6) is 5.75 Å². The molecule has 0 aliphatic carbocycles. The van der Waals surface area contributed by atoms with E-state index >= 15 is 0 Å². The van der Waals surface area contributed by atoms with E-state index in [0.29, 0.717) is 17.5 Å². The number of nitrogens with zero attached hydrogens (tertiary/aromatic N) is 6. The first-order valence-corrected chi connectivity index (χ1v) is 7.64. The number of benzene rings is 2. The molecule has 2 aromatic heterocycles. The molecule has 0 aliphatic rings. The average Bonchev–Trinajstić information content (AvgIpc) is 3.33. The molecule has 4 rings (SSSR count). The van der Waals surface area contributed by atoms with Crippen molar-refractivity contribution in [1.29, 1.82) is 0 Å². The lowest BCUT2D eigenvalue weighted by Crippen LogP contribution is -1.98. The van der Waals surface area contributed by atoms with Gasteiger partial charge in [0.25, 0.3) is 5.89 Å². The molecule has 0 bridgehead atoms. The number of ether oxygens (including phenoxy) is 1. The molecule has 2 aromatic carbocycles. The van der Waals surface area contributed by atoms with Gasteiger partial charge in [-0.25, -0.2) is 4.68 Å².